The molecule has 4 nitrogen and oxygen atoms in total. The van der Waals surface area contributed by atoms with Gasteiger partial charge in [0.1, 0.15) is 0 Å². The Hall–Kier alpha value is -1.55. The number of hydrogen-bond donors (Lipinski definition) is 2. The fourth-order valence-corrected chi connectivity index (χ4v) is 2.89. The molecule has 0 atom stereocenters. The summed E-state index contributed by atoms with van der Waals surface area (Å²) in [6.45, 7) is 0. The van der Waals surface area contributed by atoms with Crippen molar-refractivity contribution >= 4 is 11.6 Å². The number of carbonyl (C=O) groups excluding carboxylic acids is 1. The summed E-state index contributed by atoms with van der Waals surface area (Å²) in [5.74, 6) is 0.0460. The van der Waals surface area contributed by atoms with E-state index >= 15 is 0 Å². The second-order valence-corrected chi connectivity index (χ2v) is 6.18. The molecule has 2 saturated carbocycles. The predicted octanol–water partition coefficient (Wildman–Crippen LogP) is 2.95. The number of amides is 1. The number of nitrogens with one attached hydrogen (secondary N) is 2. The molecule has 0 aliphatic heterocycles. The van der Waals surface area contributed by atoms with Crippen molar-refractivity contribution in [1.82, 2.24) is 5.32 Å². The van der Waals surface area contributed by atoms with E-state index in [-0.39, 0.29) is 5.91 Å². The fourth-order valence-electron chi connectivity index (χ4n) is 2.89. The van der Waals surface area contributed by atoms with Crippen molar-refractivity contribution in [3.63, 3.8) is 0 Å². The molecule has 2 aliphatic carbocycles. The first-order chi connectivity index (χ1) is 10.2. The maximum atomic E-state index is 11.9. The van der Waals surface area contributed by atoms with E-state index < -0.39 is 0 Å². The second kappa shape index (κ2) is 6.48. The molecule has 0 spiro atoms. The van der Waals surface area contributed by atoms with Crippen LogP contribution in [0.25, 0.3) is 0 Å². The molecule has 0 heterocycles. The average Bonchev–Trinajstić information content (AvgIpc) is 3.33. The van der Waals surface area contributed by atoms with Gasteiger partial charge in [-0.2, -0.15) is 0 Å². The van der Waals surface area contributed by atoms with E-state index in [4.69, 9.17) is 4.74 Å². The quantitative estimate of drug-likeness (QED) is 0.876. The van der Waals surface area contributed by atoms with E-state index in [2.05, 4.69) is 10.6 Å². The van der Waals surface area contributed by atoms with Gasteiger partial charge in [-0.05, 0) is 62.8 Å². The fraction of sp³-hybridized carbons (Fsp3) is 0.588. The van der Waals surface area contributed by atoms with Crippen LogP contribution in [0.5, 0.6) is 0 Å². The average molecular weight is 288 g/mol. The number of methoxy groups -OCH3 is 1. The van der Waals surface area contributed by atoms with Crippen LogP contribution in [0.15, 0.2) is 24.3 Å². The lowest BCUT2D eigenvalue weighted by Crippen LogP contribution is -2.29. The minimum absolute atomic E-state index is 0.0460. The van der Waals surface area contributed by atoms with Gasteiger partial charge in [-0.3, -0.25) is 4.79 Å². The number of rotatable bonds is 5. The lowest BCUT2D eigenvalue weighted by Gasteiger charge is -2.28. The van der Waals surface area contributed by atoms with Crippen LogP contribution in [0.3, 0.4) is 0 Å². The van der Waals surface area contributed by atoms with Crippen LogP contribution < -0.4 is 10.6 Å². The van der Waals surface area contributed by atoms with Gasteiger partial charge in [-0.1, -0.05) is 0 Å². The number of hydrogen-bond acceptors (Lipinski definition) is 3. The van der Waals surface area contributed by atoms with E-state index in [1.807, 2.05) is 24.3 Å². The van der Waals surface area contributed by atoms with Gasteiger partial charge >= 0.3 is 0 Å². The van der Waals surface area contributed by atoms with Crippen LogP contribution >= 0.6 is 0 Å². The van der Waals surface area contributed by atoms with Gasteiger partial charge in [0.05, 0.1) is 6.10 Å². The summed E-state index contributed by atoms with van der Waals surface area (Å²) in [5.41, 5.74) is 1.84. The van der Waals surface area contributed by atoms with Crippen molar-refractivity contribution in [2.24, 2.45) is 0 Å². The van der Waals surface area contributed by atoms with Gasteiger partial charge < -0.3 is 15.4 Å². The summed E-state index contributed by atoms with van der Waals surface area (Å²) >= 11 is 0. The first-order valence-corrected chi connectivity index (χ1v) is 7.95. The normalized spacial score (nSPS) is 25.4. The summed E-state index contributed by atoms with van der Waals surface area (Å²) < 4.78 is 5.40. The molecule has 0 saturated heterocycles. The minimum atomic E-state index is 0.0460. The van der Waals surface area contributed by atoms with Crippen LogP contribution in [-0.2, 0) is 4.74 Å². The topological polar surface area (TPSA) is 50.4 Å². The maximum Gasteiger partial charge on any atom is 0.251 e. The zero-order valence-electron chi connectivity index (χ0n) is 12.6. The molecule has 0 aromatic heterocycles. The molecule has 4 heteroatoms. The largest absolute Gasteiger partial charge is 0.382 e. The van der Waals surface area contributed by atoms with E-state index in [9.17, 15) is 4.79 Å². The van der Waals surface area contributed by atoms with E-state index in [0.29, 0.717) is 18.2 Å². The first-order valence-electron chi connectivity index (χ1n) is 7.95. The summed E-state index contributed by atoms with van der Waals surface area (Å²) in [5, 5.41) is 6.57. The molecule has 0 unspecified atom stereocenters. The van der Waals surface area contributed by atoms with Gasteiger partial charge in [-0.25, -0.2) is 0 Å². The molecule has 1 amide bonds. The summed E-state index contributed by atoms with van der Waals surface area (Å²) in [6.07, 6.45) is 7.19. The van der Waals surface area contributed by atoms with Crippen molar-refractivity contribution in [3.05, 3.63) is 29.8 Å². The Balaban J connectivity index is 1.51. The maximum absolute atomic E-state index is 11.9. The van der Waals surface area contributed by atoms with Crippen molar-refractivity contribution in [2.45, 2.75) is 56.7 Å². The van der Waals surface area contributed by atoms with Crippen LogP contribution in [-0.4, -0.2) is 31.2 Å². The highest BCUT2D eigenvalue weighted by Crippen LogP contribution is 2.24. The van der Waals surface area contributed by atoms with Crippen molar-refractivity contribution in [2.75, 3.05) is 12.4 Å². The van der Waals surface area contributed by atoms with Gasteiger partial charge in [0, 0.05) is 30.4 Å². The first kappa shape index (κ1) is 14.4. The molecule has 0 bridgehead atoms. The third-order valence-electron chi connectivity index (χ3n) is 4.44. The highest BCUT2D eigenvalue weighted by Gasteiger charge is 2.24. The highest BCUT2D eigenvalue weighted by atomic mass is 16.5. The molecule has 21 heavy (non-hydrogen) atoms. The van der Waals surface area contributed by atoms with Crippen LogP contribution in [0.2, 0.25) is 0 Å². The van der Waals surface area contributed by atoms with Crippen molar-refractivity contribution in [1.29, 1.82) is 0 Å². The number of benzene rings is 1. The van der Waals surface area contributed by atoms with Crippen LogP contribution in [0.1, 0.15) is 48.9 Å². The van der Waals surface area contributed by atoms with Crippen LogP contribution in [0.4, 0.5) is 5.69 Å². The SMILES string of the molecule is COC1CCC(Nc2ccc(C(=O)NC3CC3)cc2)CC1. The molecule has 2 N–H and O–H groups in total. The van der Waals surface area contributed by atoms with E-state index in [0.717, 1.165) is 49.8 Å². The molecular weight excluding hydrogens is 264 g/mol. The molecule has 1 aromatic rings. The Kier molecular flexibility index (Phi) is 4.44. The molecule has 1 aromatic carbocycles. The Morgan fingerprint density at radius 2 is 1.62 bits per heavy atom. The van der Waals surface area contributed by atoms with E-state index in [1.165, 1.54) is 0 Å². The number of ether oxygens (including phenoxy) is 1. The summed E-state index contributed by atoms with van der Waals surface area (Å²) in [6, 6.07) is 8.74. The lowest BCUT2D eigenvalue weighted by molar-refractivity contribution is 0.0682. The standard InChI is InChI=1S/C17H24N2O2/c1-21-16-10-8-14(9-11-16)18-13-4-2-12(3-5-13)17(20)19-15-6-7-15/h2-5,14-16,18H,6-11H2,1H3,(H,19,20). The van der Waals surface area contributed by atoms with Crippen molar-refractivity contribution in [3.8, 4) is 0 Å². The molecule has 2 aliphatic rings. The number of carbonyl (C=O) groups is 1. The minimum Gasteiger partial charge on any atom is -0.382 e. The molecular formula is C17H24N2O2. The lowest BCUT2D eigenvalue weighted by atomic mass is 9.93. The Labute approximate surface area is 126 Å². The molecule has 0 radical (unpaired) electrons. The summed E-state index contributed by atoms with van der Waals surface area (Å²) in [7, 11) is 1.80. The third-order valence-corrected chi connectivity index (χ3v) is 4.44. The zero-order valence-corrected chi connectivity index (χ0v) is 12.6. The highest BCUT2D eigenvalue weighted by molar-refractivity contribution is 5.94. The summed E-state index contributed by atoms with van der Waals surface area (Å²) in [4.78, 5) is 11.9. The van der Waals surface area contributed by atoms with Crippen molar-refractivity contribution < 1.29 is 9.53 Å². The van der Waals surface area contributed by atoms with Gasteiger partial charge in [0.2, 0.25) is 0 Å². The van der Waals surface area contributed by atoms with Gasteiger partial charge in [0.15, 0.2) is 0 Å². The monoisotopic (exact) mass is 288 g/mol. The van der Waals surface area contributed by atoms with E-state index in [1.54, 1.807) is 7.11 Å². The smallest absolute Gasteiger partial charge is 0.251 e. The van der Waals surface area contributed by atoms with Crippen LogP contribution in [0, 0.1) is 0 Å². The Bertz CT molecular complexity index is 474. The third kappa shape index (κ3) is 3.97. The molecule has 114 valence electrons. The second-order valence-electron chi connectivity index (χ2n) is 6.18. The molecule has 2 fully saturated rings. The Morgan fingerprint density at radius 1 is 1.00 bits per heavy atom. The zero-order chi connectivity index (χ0) is 14.7. The van der Waals surface area contributed by atoms with Gasteiger partial charge in [0.25, 0.3) is 5.91 Å². The van der Waals surface area contributed by atoms with Gasteiger partial charge in [-0.15, -0.1) is 0 Å². The predicted molar refractivity (Wildman–Crippen MR) is 83.6 cm³/mol. The molecule has 3 rings (SSSR count). The number of anilines is 1. The Morgan fingerprint density at radius 3 is 2.19 bits per heavy atom.